The maximum Gasteiger partial charge on any atom is 0.331 e. The van der Waals surface area contributed by atoms with Crippen molar-refractivity contribution in [2.24, 2.45) is 0 Å². The highest BCUT2D eigenvalue weighted by Gasteiger charge is 2.07. The number of carboxylic acid groups (broad SMARTS) is 2. The number of rotatable bonds is 3. The second-order valence-electron chi connectivity index (χ2n) is 3.29. The molecule has 0 spiro atoms. The Morgan fingerprint density at radius 3 is 1.80 bits per heavy atom. The lowest BCUT2D eigenvalue weighted by molar-refractivity contribution is -0.139. The van der Waals surface area contributed by atoms with Crippen molar-refractivity contribution >= 4 is 11.9 Å². The van der Waals surface area contributed by atoms with Crippen molar-refractivity contribution in [3.63, 3.8) is 0 Å². The average Bonchev–Trinajstić information content (AvgIpc) is 2.20. The molecule has 1 fully saturated rings. The van der Waals surface area contributed by atoms with Gasteiger partial charge < -0.3 is 15.5 Å². The minimum Gasteiger partial charge on any atom is -0.481 e. The molecular weight excluding hydrogens is 198 g/mol. The zero-order chi connectivity index (χ0) is 11.7. The summed E-state index contributed by atoms with van der Waals surface area (Å²) in [4.78, 5) is 19.7. The van der Waals surface area contributed by atoms with Crippen molar-refractivity contribution in [3.8, 4) is 0 Å². The number of hydrogen-bond donors (Lipinski definition) is 3. The maximum absolute atomic E-state index is 9.87. The monoisotopic (exact) mass is 215 g/mol. The Kier molecular flexibility index (Phi) is 7.27. The van der Waals surface area contributed by atoms with Gasteiger partial charge in [0.1, 0.15) is 0 Å². The summed E-state index contributed by atoms with van der Waals surface area (Å²) in [5, 5.41) is 19.4. The van der Waals surface area contributed by atoms with Crippen LogP contribution < -0.4 is 5.32 Å². The molecule has 1 heterocycles. The summed E-state index contributed by atoms with van der Waals surface area (Å²) in [5.41, 5.74) is -0.303. The van der Waals surface area contributed by atoms with Gasteiger partial charge in [0.05, 0.1) is 6.42 Å². The summed E-state index contributed by atoms with van der Waals surface area (Å²) in [6, 6.07) is 0. The van der Waals surface area contributed by atoms with Crippen LogP contribution in [-0.2, 0) is 9.59 Å². The van der Waals surface area contributed by atoms with Crippen molar-refractivity contribution in [2.75, 3.05) is 13.1 Å². The Balaban J connectivity index is 0.000000280. The molecule has 0 aromatic carbocycles. The quantitative estimate of drug-likeness (QED) is 0.608. The van der Waals surface area contributed by atoms with Gasteiger partial charge in [0.25, 0.3) is 0 Å². The van der Waals surface area contributed by atoms with E-state index in [0.29, 0.717) is 0 Å². The van der Waals surface area contributed by atoms with E-state index in [0.717, 1.165) is 0 Å². The fourth-order valence-electron chi connectivity index (χ4n) is 1.06. The van der Waals surface area contributed by atoms with Crippen molar-refractivity contribution in [1.82, 2.24) is 5.32 Å². The van der Waals surface area contributed by atoms with Crippen LogP contribution in [0.4, 0.5) is 0 Å². The van der Waals surface area contributed by atoms with Gasteiger partial charge in [0.15, 0.2) is 0 Å². The first-order chi connectivity index (χ1) is 7.04. The summed E-state index contributed by atoms with van der Waals surface area (Å²) in [5.74, 6) is -2.44. The number of carbonyl (C=O) groups is 2. The van der Waals surface area contributed by atoms with Crippen molar-refractivity contribution in [3.05, 3.63) is 12.2 Å². The van der Waals surface area contributed by atoms with Gasteiger partial charge in [-0.3, -0.25) is 4.79 Å². The fourth-order valence-corrected chi connectivity index (χ4v) is 1.06. The summed E-state index contributed by atoms with van der Waals surface area (Å²) >= 11 is 0. The van der Waals surface area contributed by atoms with Crippen LogP contribution in [0.5, 0.6) is 0 Å². The van der Waals surface area contributed by atoms with Crippen LogP contribution >= 0.6 is 0 Å². The van der Waals surface area contributed by atoms with Gasteiger partial charge in [-0.25, -0.2) is 4.79 Å². The molecule has 15 heavy (non-hydrogen) atoms. The first kappa shape index (κ1) is 13.6. The number of piperidine rings is 1. The van der Waals surface area contributed by atoms with Crippen LogP contribution in [-0.4, -0.2) is 35.2 Å². The van der Waals surface area contributed by atoms with Crippen molar-refractivity contribution in [2.45, 2.75) is 25.7 Å². The Labute approximate surface area is 88.8 Å². The molecule has 0 saturated carbocycles. The lowest BCUT2D eigenvalue weighted by Gasteiger charge is -2.08. The van der Waals surface area contributed by atoms with Gasteiger partial charge in [0, 0.05) is 5.57 Å². The molecule has 0 aromatic heterocycles. The largest absolute Gasteiger partial charge is 0.481 e. The van der Waals surface area contributed by atoms with Crippen molar-refractivity contribution < 1.29 is 19.8 Å². The van der Waals surface area contributed by atoms with Crippen LogP contribution in [0.2, 0.25) is 0 Å². The smallest absolute Gasteiger partial charge is 0.331 e. The summed E-state index contributed by atoms with van der Waals surface area (Å²) in [6.45, 7) is 5.51. The highest BCUT2D eigenvalue weighted by molar-refractivity contribution is 5.91. The second kappa shape index (κ2) is 7.99. The van der Waals surface area contributed by atoms with E-state index in [1.165, 1.54) is 32.4 Å². The predicted molar refractivity (Wildman–Crippen MR) is 55.7 cm³/mol. The molecule has 0 atom stereocenters. The van der Waals surface area contributed by atoms with Crippen LogP contribution in [0, 0.1) is 0 Å². The van der Waals surface area contributed by atoms with Gasteiger partial charge in [-0.05, 0) is 25.9 Å². The van der Waals surface area contributed by atoms with Crippen LogP contribution in [0.25, 0.3) is 0 Å². The van der Waals surface area contributed by atoms with Crippen molar-refractivity contribution in [1.29, 1.82) is 0 Å². The van der Waals surface area contributed by atoms with Crippen LogP contribution in [0.15, 0.2) is 12.2 Å². The molecule has 5 nitrogen and oxygen atoms in total. The zero-order valence-electron chi connectivity index (χ0n) is 8.66. The SMILES string of the molecule is C1CCNCC1.C=C(CC(=O)O)C(=O)O. The molecule has 0 bridgehead atoms. The van der Waals surface area contributed by atoms with Gasteiger partial charge in [0.2, 0.25) is 0 Å². The lowest BCUT2D eigenvalue weighted by atomic mass is 10.2. The highest BCUT2D eigenvalue weighted by atomic mass is 16.4. The predicted octanol–water partition coefficient (Wildman–Crippen LogP) is 0.862. The molecule has 5 heteroatoms. The van der Waals surface area contributed by atoms with E-state index in [2.05, 4.69) is 11.9 Å². The summed E-state index contributed by atoms with van der Waals surface area (Å²) in [6.07, 6.45) is 3.71. The Morgan fingerprint density at radius 1 is 1.13 bits per heavy atom. The Hall–Kier alpha value is -1.36. The van der Waals surface area contributed by atoms with Gasteiger partial charge in [-0.15, -0.1) is 0 Å². The minimum absolute atomic E-state index is 0.303. The maximum atomic E-state index is 9.87. The molecule has 0 amide bonds. The molecule has 1 aliphatic rings. The molecule has 1 rings (SSSR count). The van der Waals surface area contributed by atoms with Gasteiger partial charge in [-0.2, -0.15) is 0 Å². The average molecular weight is 215 g/mol. The fraction of sp³-hybridized carbons (Fsp3) is 0.600. The molecule has 0 radical (unpaired) electrons. The molecule has 1 saturated heterocycles. The molecular formula is C10H17NO4. The Bertz CT molecular complexity index is 222. The van der Waals surface area contributed by atoms with E-state index in [-0.39, 0.29) is 5.57 Å². The number of hydrogen-bond acceptors (Lipinski definition) is 3. The lowest BCUT2D eigenvalue weighted by Crippen LogP contribution is -2.21. The second-order valence-corrected chi connectivity index (χ2v) is 3.29. The zero-order valence-corrected chi connectivity index (χ0v) is 8.66. The van der Waals surface area contributed by atoms with Crippen LogP contribution in [0.1, 0.15) is 25.7 Å². The third-order valence-electron chi connectivity index (χ3n) is 1.87. The molecule has 86 valence electrons. The van der Waals surface area contributed by atoms with Crippen LogP contribution in [0.3, 0.4) is 0 Å². The highest BCUT2D eigenvalue weighted by Crippen LogP contribution is 1.96. The Morgan fingerprint density at radius 2 is 1.67 bits per heavy atom. The van der Waals surface area contributed by atoms with E-state index in [9.17, 15) is 9.59 Å². The van der Waals surface area contributed by atoms with Gasteiger partial charge in [-0.1, -0.05) is 13.0 Å². The van der Waals surface area contributed by atoms with E-state index < -0.39 is 18.4 Å². The topological polar surface area (TPSA) is 86.6 Å². The molecule has 0 unspecified atom stereocenters. The number of carboxylic acids is 2. The molecule has 0 aliphatic carbocycles. The van der Waals surface area contributed by atoms with E-state index in [4.69, 9.17) is 10.2 Å². The van der Waals surface area contributed by atoms with E-state index >= 15 is 0 Å². The normalized spacial score (nSPS) is 14.7. The third kappa shape index (κ3) is 8.96. The minimum atomic E-state index is -1.27. The standard InChI is InChI=1S/C5H11N.C5H6O4/c1-2-4-6-5-3-1;1-3(5(8)9)2-4(6)7/h6H,1-5H2;1-2H2,(H,6,7)(H,8,9). The first-order valence-electron chi connectivity index (χ1n) is 4.87. The number of aliphatic carboxylic acids is 2. The first-order valence-corrected chi connectivity index (χ1v) is 4.87. The van der Waals surface area contributed by atoms with Gasteiger partial charge >= 0.3 is 11.9 Å². The van der Waals surface area contributed by atoms with E-state index in [1.54, 1.807) is 0 Å². The molecule has 1 aliphatic heterocycles. The third-order valence-corrected chi connectivity index (χ3v) is 1.87. The summed E-state index contributed by atoms with van der Waals surface area (Å²) in [7, 11) is 0. The molecule has 3 N–H and O–H groups in total. The summed E-state index contributed by atoms with van der Waals surface area (Å²) < 4.78 is 0. The van der Waals surface area contributed by atoms with E-state index in [1.807, 2.05) is 0 Å². The molecule has 0 aromatic rings. The number of nitrogens with one attached hydrogen (secondary N) is 1.